The number of anilines is 2. The molecule has 22 heavy (non-hydrogen) atoms. The van der Waals surface area contributed by atoms with Crippen molar-refractivity contribution in [1.29, 1.82) is 0 Å². The Hall–Kier alpha value is -2.63. The second-order valence-electron chi connectivity index (χ2n) is 5.40. The van der Waals surface area contributed by atoms with E-state index in [1.54, 1.807) is 24.5 Å². The Bertz CT molecular complexity index is 665. The van der Waals surface area contributed by atoms with E-state index in [0.29, 0.717) is 30.3 Å². The number of benzene rings is 1. The fourth-order valence-electron chi connectivity index (χ4n) is 2.52. The van der Waals surface area contributed by atoms with Crippen molar-refractivity contribution in [2.75, 3.05) is 36.8 Å². The third-order valence-electron chi connectivity index (χ3n) is 3.93. The highest BCUT2D eigenvalue weighted by molar-refractivity contribution is 5.95. The zero-order chi connectivity index (χ0) is 15.5. The van der Waals surface area contributed by atoms with Crippen LogP contribution in [0.2, 0.25) is 0 Å². The van der Waals surface area contributed by atoms with E-state index in [1.165, 1.54) is 0 Å². The molecule has 0 bridgehead atoms. The van der Waals surface area contributed by atoms with Crippen molar-refractivity contribution in [2.45, 2.75) is 6.92 Å². The molecule has 1 saturated heterocycles. The lowest BCUT2D eigenvalue weighted by Crippen LogP contribution is -2.49. The van der Waals surface area contributed by atoms with Crippen molar-refractivity contribution in [1.82, 2.24) is 14.9 Å². The van der Waals surface area contributed by atoms with Crippen molar-refractivity contribution in [3.63, 3.8) is 0 Å². The molecule has 1 aliphatic rings. The van der Waals surface area contributed by atoms with Crippen molar-refractivity contribution in [3.8, 4) is 0 Å². The van der Waals surface area contributed by atoms with Gasteiger partial charge in [-0.1, -0.05) is 6.07 Å². The summed E-state index contributed by atoms with van der Waals surface area (Å²) in [5, 5.41) is 0. The standard InChI is InChI=1S/C16H19N5O/c1-12-3-4-13(11-14(12)17)15(22)20-7-9-21(10-8-20)16-18-5-2-6-19-16/h2-6,11H,7-10,17H2,1H3. The van der Waals surface area contributed by atoms with Gasteiger partial charge < -0.3 is 15.5 Å². The van der Waals surface area contributed by atoms with Crippen molar-refractivity contribution in [2.24, 2.45) is 0 Å². The minimum atomic E-state index is 0.0281. The first kappa shape index (κ1) is 14.3. The van der Waals surface area contributed by atoms with Crippen LogP contribution in [0.1, 0.15) is 15.9 Å². The first-order chi connectivity index (χ1) is 10.6. The van der Waals surface area contributed by atoms with E-state index in [1.807, 2.05) is 24.0 Å². The SMILES string of the molecule is Cc1ccc(C(=O)N2CCN(c3ncccn3)CC2)cc1N. The fraction of sp³-hybridized carbons (Fsp3) is 0.312. The minimum Gasteiger partial charge on any atom is -0.398 e. The average Bonchev–Trinajstić information content (AvgIpc) is 2.58. The summed E-state index contributed by atoms with van der Waals surface area (Å²) < 4.78 is 0. The van der Waals surface area contributed by atoms with Gasteiger partial charge in [-0.15, -0.1) is 0 Å². The van der Waals surface area contributed by atoms with Gasteiger partial charge in [0.05, 0.1) is 0 Å². The molecule has 0 atom stereocenters. The van der Waals surface area contributed by atoms with Gasteiger partial charge in [-0.05, 0) is 30.7 Å². The third-order valence-corrected chi connectivity index (χ3v) is 3.93. The van der Waals surface area contributed by atoms with E-state index >= 15 is 0 Å². The Balaban J connectivity index is 1.66. The molecule has 0 radical (unpaired) electrons. The van der Waals surface area contributed by atoms with Crippen molar-refractivity contribution in [3.05, 3.63) is 47.8 Å². The molecule has 3 rings (SSSR count). The van der Waals surface area contributed by atoms with Crippen LogP contribution in [0, 0.1) is 6.92 Å². The molecule has 1 aliphatic heterocycles. The topological polar surface area (TPSA) is 75.4 Å². The molecule has 6 heteroatoms. The monoisotopic (exact) mass is 297 g/mol. The summed E-state index contributed by atoms with van der Waals surface area (Å²) in [4.78, 5) is 25.0. The summed E-state index contributed by atoms with van der Waals surface area (Å²) in [5.74, 6) is 0.745. The smallest absolute Gasteiger partial charge is 0.254 e. The van der Waals surface area contributed by atoms with Crippen LogP contribution in [-0.2, 0) is 0 Å². The number of nitrogen functional groups attached to an aromatic ring is 1. The van der Waals surface area contributed by atoms with Crippen molar-refractivity contribution >= 4 is 17.5 Å². The average molecular weight is 297 g/mol. The Morgan fingerprint density at radius 1 is 1.14 bits per heavy atom. The van der Waals surface area contributed by atoms with Gasteiger partial charge in [0.15, 0.2) is 0 Å². The second-order valence-corrected chi connectivity index (χ2v) is 5.40. The maximum Gasteiger partial charge on any atom is 0.254 e. The highest BCUT2D eigenvalue weighted by Crippen LogP contribution is 2.16. The number of nitrogens with two attached hydrogens (primary N) is 1. The zero-order valence-corrected chi connectivity index (χ0v) is 12.6. The van der Waals surface area contributed by atoms with Gasteiger partial charge in [0.1, 0.15) is 0 Å². The summed E-state index contributed by atoms with van der Waals surface area (Å²) >= 11 is 0. The van der Waals surface area contributed by atoms with E-state index < -0.39 is 0 Å². The predicted molar refractivity (Wildman–Crippen MR) is 85.7 cm³/mol. The lowest BCUT2D eigenvalue weighted by Gasteiger charge is -2.34. The van der Waals surface area contributed by atoms with Crippen LogP contribution < -0.4 is 10.6 Å². The number of aromatic nitrogens is 2. The number of rotatable bonds is 2. The summed E-state index contributed by atoms with van der Waals surface area (Å²) in [7, 11) is 0. The molecule has 2 N–H and O–H groups in total. The van der Waals surface area contributed by atoms with Gasteiger partial charge in [0.25, 0.3) is 5.91 Å². The van der Waals surface area contributed by atoms with Crippen LogP contribution in [0.3, 0.4) is 0 Å². The number of nitrogens with zero attached hydrogens (tertiary/aromatic N) is 4. The van der Waals surface area contributed by atoms with E-state index in [4.69, 9.17) is 5.73 Å². The number of carbonyl (C=O) groups is 1. The molecule has 114 valence electrons. The quantitative estimate of drug-likeness (QED) is 0.846. The number of hydrogen-bond donors (Lipinski definition) is 1. The summed E-state index contributed by atoms with van der Waals surface area (Å²) in [6, 6.07) is 7.27. The molecular formula is C16H19N5O. The normalized spacial score (nSPS) is 15.0. The van der Waals surface area contributed by atoms with Gasteiger partial charge in [0, 0.05) is 49.8 Å². The Morgan fingerprint density at radius 3 is 2.45 bits per heavy atom. The summed E-state index contributed by atoms with van der Waals surface area (Å²) in [5.41, 5.74) is 8.18. The highest BCUT2D eigenvalue weighted by Gasteiger charge is 2.23. The molecule has 6 nitrogen and oxygen atoms in total. The number of amides is 1. The number of carbonyl (C=O) groups excluding carboxylic acids is 1. The van der Waals surface area contributed by atoms with Crippen LogP contribution in [0.15, 0.2) is 36.7 Å². The van der Waals surface area contributed by atoms with Gasteiger partial charge in [-0.3, -0.25) is 4.79 Å². The highest BCUT2D eigenvalue weighted by atomic mass is 16.2. The van der Waals surface area contributed by atoms with Crippen LogP contribution in [0.25, 0.3) is 0 Å². The van der Waals surface area contributed by atoms with Crippen LogP contribution in [-0.4, -0.2) is 47.0 Å². The van der Waals surface area contributed by atoms with E-state index in [-0.39, 0.29) is 5.91 Å². The van der Waals surface area contributed by atoms with Crippen LogP contribution >= 0.6 is 0 Å². The molecule has 1 fully saturated rings. The van der Waals surface area contributed by atoms with Gasteiger partial charge in [-0.2, -0.15) is 0 Å². The maximum absolute atomic E-state index is 12.5. The molecule has 0 saturated carbocycles. The van der Waals surface area contributed by atoms with E-state index in [9.17, 15) is 4.79 Å². The largest absolute Gasteiger partial charge is 0.398 e. The lowest BCUT2D eigenvalue weighted by atomic mass is 10.1. The van der Waals surface area contributed by atoms with Crippen molar-refractivity contribution < 1.29 is 4.79 Å². The minimum absolute atomic E-state index is 0.0281. The van der Waals surface area contributed by atoms with Gasteiger partial charge in [0.2, 0.25) is 5.95 Å². The molecule has 2 heterocycles. The number of aryl methyl sites for hydroxylation is 1. The molecule has 1 aromatic carbocycles. The Labute approximate surface area is 129 Å². The van der Waals surface area contributed by atoms with E-state index in [2.05, 4.69) is 14.9 Å². The molecule has 0 aliphatic carbocycles. The van der Waals surface area contributed by atoms with Crippen LogP contribution in [0.4, 0.5) is 11.6 Å². The Kier molecular flexibility index (Phi) is 3.91. The first-order valence-corrected chi connectivity index (χ1v) is 7.32. The molecule has 2 aromatic rings. The predicted octanol–water partition coefficient (Wildman–Crippen LogP) is 1.33. The van der Waals surface area contributed by atoms with E-state index in [0.717, 1.165) is 18.7 Å². The lowest BCUT2D eigenvalue weighted by molar-refractivity contribution is 0.0746. The van der Waals surface area contributed by atoms with Gasteiger partial charge in [-0.25, -0.2) is 9.97 Å². The number of piperazine rings is 1. The second kappa shape index (κ2) is 6.01. The fourth-order valence-corrected chi connectivity index (χ4v) is 2.52. The Morgan fingerprint density at radius 2 is 1.82 bits per heavy atom. The summed E-state index contributed by atoms with van der Waals surface area (Å²) in [6.07, 6.45) is 3.46. The zero-order valence-electron chi connectivity index (χ0n) is 12.6. The molecule has 0 unspecified atom stereocenters. The van der Waals surface area contributed by atoms with Gasteiger partial charge >= 0.3 is 0 Å². The maximum atomic E-state index is 12.5. The molecule has 1 aromatic heterocycles. The first-order valence-electron chi connectivity index (χ1n) is 7.32. The molecular weight excluding hydrogens is 278 g/mol. The van der Waals surface area contributed by atoms with Crippen LogP contribution in [0.5, 0.6) is 0 Å². The molecule has 0 spiro atoms. The molecule has 1 amide bonds. The number of hydrogen-bond acceptors (Lipinski definition) is 5. The summed E-state index contributed by atoms with van der Waals surface area (Å²) in [6.45, 7) is 4.71. The third kappa shape index (κ3) is 2.86.